The number of methoxy groups -OCH3 is 1. The number of benzene rings is 2. The number of fused-ring (bicyclic) bond motifs is 2. The third-order valence-corrected chi connectivity index (χ3v) is 5.51. The van der Waals surface area contributed by atoms with Gasteiger partial charge in [0.15, 0.2) is 23.0 Å². The minimum atomic E-state index is -0.148. The van der Waals surface area contributed by atoms with Crippen molar-refractivity contribution in [3.05, 3.63) is 54.6 Å². The molecule has 0 fully saturated rings. The molecule has 3 heterocycles. The summed E-state index contributed by atoms with van der Waals surface area (Å²) < 4.78 is 17.5. The van der Waals surface area contributed by atoms with Gasteiger partial charge < -0.3 is 19.5 Å². The monoisotopic (exact) mass is 435 g/mol. The van der Waals surface area contributed by atoms with Gasteiger partial charge in [0.2, 0.25) is 12.7 Å². The molecule has 31 heavy (non-hydrogen) atoms. The lowest BCUT2D eigenvalue weighted by Crippen LogP contribution is -2.14. The summed E-state index contributed by atoms with van der Waals surface area (Å²) in [5.41, 5.74) is 2.14. The van der Waals surface area contributed by atoms with Crippen molar-refractivity contribution in [3.8, 4) is 28.6 Å². The molecule has 0 saturated heterocycles. The molecule has 2 aromatic heterocycles. The van der Waals surface area contributed by atoms with E-state index in [1.54, 1.807) is 29.8 Å². The SMILES string of the molecule is COc1ccc(-c2nnc3ccc(SCC(=O)Nc4ccc5c(c4)OCO5)nn23)cc1. The number of rotatable bonds is 6. The molecule has 0 spiro atoms. The fraction of sp³-hybridized carbons (Fsp3) is 0.143. The van der Waals surface area contributed by atoms with Gasteiger partial charge in [0.1, 0.15) is 10.8 Å². The topological polar surface area (TPSA) is 99.9 Å². The first-order chi connectivity index (χ1) is 15.2. The van der Waals surface area contributed by atoms with Gasteiger partial charge in [-0.2, -0.15) is 9.61 Å². The van der Waals surface area contributed by atoms with Gasteiger partial charge in [-0.3, -0.25) is 4.79 Å². The standard InChI is InChI=1S/C21H17N5O4S/c1-28-15-5-2-13(3-6-15)21-24-23-18-8-9-20(25-26(18)21)31-11-19(27)22-14-4-7-16-17(10-14)30-12-29-16/h2-10H,11-12H2,1H3,(H,22,27). The van der Waals surface area contributed by atoms with Crippen molar-refractivity contribution in [1.82, 2.24) is 19.8 Å². The molecule has 0 aliphatic carbocycles. The van der Waals surface area contributed by atoms with Gasteiger partial charge in [-0.1, -0.05) is 11.8 Å². The van der Waals surface area contributed by atoms with Crippen LogP contribution in [0.5, 0.6) is 17.2 Å². The van der Waals surface area contributed by atoms with E-state index in [1.165, 1.54) is 11.8 Å². The van der Waals surface area contributed by atoms with Crippen molar-refractivity contribution >= 4 is 29.0 Å². The van der Waals surface area contributed by atoms with Crippen molar-refractivity contribution < 1.29 is 19.0 Å². The highest BCUT2D eigenvalue weighted by molar-refractivity contribution is 7.99. The Morgan fingerprint density at radius 1 is 1.10 bits per heavy atom. The van der Waals surface area contributed by atoms with Gasteiger partial charge in [0, 0.05) is 17.3 Å². The number of ether oxygens (including phenoxy) is 3. The molecule has 2 aromatic carbocycles. The lowest BCUT2D eigenvalue weighted by Gasteiger charge is -2.06. The van der Waals surface area contributed by atoms with E-state index in [9.17, 15) is 4.79 Å². The number of carbonyl (C=O) groups is 1. The van der Waals surface area contributed by atoms with Crippen LogP contribution in [-0.4, -0.2) is 45.4 Å². The Morgan fingerprint density at radius 2 is 1.94 bits per heavy atom. The van der Waals surface area contributed by atoms with Crippen LogP contribution in [0.3, 0.4) is 0 Å². The van der Waals surface area contributed by atoms with Gasteiger partial charge in [-0.05, 0) is 48.5 Å². The van der Waals surface area contributed by atoms with Crippen LogP contribution < -0.4 is 19.5 Å². The van der Waals surface area contributed by atoms with Crippen molar-refractivity contribution in [3.63, 3.8) is 0 Å². The maximum absolute atomic E-state index is 12.4. The molecule has 0 radical (unpaired) electrons. The zero-order valence-corrected chi connectivity index (χ0v) is 17.3. The summed E-state index contributed by atoms with van der Waals surface area (Å²) in [5, 5.41) is 16.5. The molecule has 9 nitrogen and oxygen atoms in total. The maximum atomic E-state index is 12.4. The summed E-state index contributed by atoms with van der Waals surface area (Å²) in [6.45, 7) is 0.193. The molecule has 0 unspecified atom stereocenters. The Hall–Kier alpha value is -3.79. The summed E-state index contributed by atoms with van der Waals surface area (Å²) in [7, 11) is 1.62. The highest BCUT2D eigenvalue weighted by Crippen LogP contribution is 2.34. The summed E-state index contributed by atoms with van der Waals surface area (Å²) >= 11 is 1.33. The second-order valence-electron chi connectivity index (χ2n) is 6.60. The van der Waals surface area contributed by atoms with Gasteiger partial charge in [-0.25, -0.2) is 0 Å². The van der Waals surface area contributed by atoms with Crippen LogP contribution in [-0.2, 0) is 4.79 Å². The Bertz CT molecular complexity index is 1260. The van der Waals surface area contributed by atoms with Crippen LogP contribution in [0, 0.1) is 0 Å². The number of amides is 1. The molecule has 5 rings (SSSR count). The quantitative estimate of drug-likeness (QED) is 0.461. The van der Waals surface area contributed by atoms with E-state index in [0.717, 1.165) is 11.3 Å². The van der Waals surface area contributed by atoms with Crippen molar-refractivity contribution in [2.24, 2.45) is 0 Å². The molecule has 1 amide bonds. The van der Waals surface area contributed by atoms with E-state index < -0.39 is 0 Å². The number of hydrogen-bond acceptors (Lipinski definition) is 8. The summed E-state index contributed by atoms with van der Waals surface area (Å²) in [5.74, 6) is 2.72. The van der Waals surface area contributed by atoms with Gasteiger partial charge in [-0.15, -0.1) is 10.2 Å². The first-order valence-corrected chi connectivity index (χ1v) is 10.4. The van der Waals surface area contributed by atoms with Crippen molar-refractivity contribution in [2.75, 3.05) is 25.0 Å². The molecule has 0 saturated carbocycles. The Kier molecular flexibility index (Phi) is 5.04. The smallest absolute Gasteiger partial charge is 0.234 e. The van der Waals surface area contributed by atoms with Crippen LogP contribution in [0.1, 0.15) is 0 Å². The van der Waals surface area contributed by atoms with Crippen molar-refractivity contribution in [2.45, 2.75) is 5.03 Å². The van der Waals surface area contributed by atoms with Crippen LogP contribution in [0.2, 0.25) is 0 Å². The predicted molar refractivity (Wildman–Crippen MR) is 115 cm³/mol. The highest BCUT2D eigenvalue weighted by atomic mass is 32.2. The zero-order valence-electron chi connectivity index (χ0n) is 16.4. The lowest BCUT2D eigenvalue weighted by molar-refractivity contribution is -0.113. The van der Waals surface area contributed by atoms with Gasteiger partial charge in [0.05, 0.1) is 12.9 Å². The molecule has 4 aromatic rings. The second kappa shape index (κ2) is 8.15. The third kappa shape index (κ3) is 3.97. The molecular formula is C21H17N5O4S. The number of aromatic nitrogens is 4. The number of anilines is 1. The molecule has 1 aliphatic rings. The van der Waals surface area contributed by atoms with E-state index in [-0.39, 0.29) is 18.5 Å². The second-order valence-corrected chi connectivity index (χ2v) is 7.59. The zero-order chi connectivity index (χ0) is 21.2. The third-order valence-electron chi connectivity index (χ3n) is 4.59. The van der Waals surface area contributed by atoms with Crippen LogP contribution in [0.25, 0.3) is 17.0 Å². The maximum Gasteiger partial charge on any atom is 0.234 e. The number of nitrogens with zero attached hydrogens (tertiary/aromatic N) is 4. The van der Waals surface area contributed by atoms with E-state index >= 15 is 0 Å². The summed E-state index contributed by atoms with van der Waals surface area (Å²) in [4.78, 5) is 12.4. The number of nitrogens with one attached hydrogen (secondary N) is 1. The van der Waals surface area contributed by atoms with Gasteiger partial charge in [0.25, 0.3) is 0 Å². The average Bonchev–Trinajstić information content (AvgIpc) is 3.44. The highest BCUT2D eigenvalue weighted by Gasteiger charge is 2.15. The number of carbonyl (C=O) groups excluding carboxylic acids is 1. The Labute approximate surface area is 181 Å². The molecule has 0 bridgehead atoms. The van der Waals surface area contributed by atoms with E-state index in [1.807, 2.05) is 36.4 Å². The summed E-state index contributed by atoms with van der Waals surface area (Å²) in [6, 6.07) is 16.4. The molecule has 0 atom stereocenters. The van der Waals surface area contributed by atoms with Crippen molar-refractivity contribution in [1.29, 1.82) is 0 Å². The van der Waals surface area contributed by atoms with E-state index in [2.05, 4.69) is 20.6 Å². The first kappa shape index (κ1) is 19.2. The first-order valence-electron chi connectivity index (χ1n) is 9.39. The minimum absolute atomic E-state index is 0.148. The van der Waals surface area contributed by atoms with E-state index in [0.29, 0.717) is 33.7 Å². The van der Waals surface area contributed by atoms with Crippen LogP contribution in [0.15, 0.2) is 59.6 Å². The van der Waals surface area contributed by atoms with E-state index in [4.69, 9.17) is 14.2 Å². The molecular weight excluding hydrogens is 418 g/mol. The average molecular weight is 435 g/mol. The molecule has 1 N–H and O–H groups in total. The fourth-order valence-corrected chi connectivity index (χ4v) is 3.73. The lowest BCUT2D eigenvalue weighted by atomic mass is 10.2. The van der Waals surface area contributed by atoms with Crippen LogP contribution >= 0.6 is 11.8 Å². The normalized spacial score (nSPS) is 12.2. The summed E-state index contributed by atoms with van der Waals surface area (Å²) in [6.07, 6.45) is 0. The molecule has 10 heteroatoms. The number of hydrogen-bond donors (Lipinski definition) is 1. The van der Waals surface area contributed by atoms with Crippen LogP contribution in [0.4, 0.5) is 5.69 Å². The number of thioether (sulfide) groups is 1. The Morgan fingerprint density at radius 3 is 2.77 bits per heavy atom. The molecule has 156 valence electrons. The minimum Gasteiger partial charge on any atom is -0.497 e. The molecule has 1 aliphatic heterocycles. The predicted octanol–water partition coefficient (Wildman–Crippen LogP) is 3.26. The fourth-order valence-electron chi connectivity index (χ4n) is 3.08. The largest absolute Gasteiger partial charge is 0.497 e. The Balaban J connectivity index is 1.28. The van der Waals surface area contributed by atoms with Gasteiger partial charge >= 0.3 is 0 Å².